The van der Waals surface area contributed by atoms with Crippen LogP contribution in [0.4, 0.5) is 0 Å². The molecule has 0 aliphatic heterocycles. The van der Waals surface area contributed by atoms with Crippen LogP contribution in [-0.2, 0) is 11.3 Å². The van der Waals surface area contributed by atoms with Gasteiger partial charge in [-0.25, -0.2) is 4.98 Å². The number of allylic oxidation sites excluding steroid dienone is 1. The molecule has 1 N–H and O–H groups in total. The minimum atomic E-state index is -0.503. The van der Waals surface area contributed by atoms with Crippen molar-refractivity contribution >= 4 is 5.78 Å². The highest BCUT2D eigenvalue weighted by molar-refractivity contribution is 5.82. The van der Waals surface area contributed by atoms with Gasteiger partial charge in [0.2, 0.25) is 0 Å². The van der Waals surface area contributed by atoms with Gasteiger partial charge < -0.3 is 9.67 Å². The summed E-state index contributed by atoms with van der Waals surface area (Å²) in [5, 5.41) is 10.5. The SMILES string of the molecule is C[C@@]1(O)CC[C@H]2C(=CC[C@@H]3[C@@H]2CC[C@]2(C)[C@@H](C(=O)Cn4ccnc4)CC[C@@H]32)C1. The van der Waals surface area contributed by atoms with Gasteiger partial charge in [0.25, 0.3) is 0 Å². The van der Waals surface area contributed by atoms with Crippen LogP contribution in [0.1, 0.15) is 65.2 Å². The van der Waals surface area contributed by atoms with Gasteiger partial charge in [-0.1, -0.05) is 18.6 Å². The van der Waals surface area contributed by atoms with Gasteiger partial charge >= 0.3 is 0 Å². The Morgan fingerprint density at radius 1 is 1.21 bits per heavy atom. The Hall–Kier alpha value is -1.42. The lowest BCUT2D eigenvalue weighted by molar-refractivity contribution is -0.129. The van der Waals surface area contributed by atoms with E-state index in [9.17, 15) is 9.90 Å². The molecule has 3 fully saturated rings. The zero-order chi connectivity index (χ0) is 19.5. The molecular weight excluding hydrogens is 348 g/mol. The number of rotatable bonds is 3. The molecule has 4 nitrogen and oxygen atoms in total. The molecular formula is C24H34N2O2. The van der Waals surface area contributed by atoms with Gasteiger partial charge in [0.1, 0.15) is 0 Å². The third kappa shape index (κ3) is 2.91. The fourth-order valence-electron chi connectivity index (χ4n) is 7.67. The number of nitrogens with zero attached hydrogens (tertiary/aromatic N) is 2. The third-order valence-electron chi connectivity index (χ3n) is 9.00. The van der Waals surface area contributed by atoms with Crippen molar-refractivity contribution in [2.24, 2.45) is 35.0 Å². The van der Waals surface area contributed by atoms with Crippen molar-refractivity contribution in [3.8, 4) is 0 Å². The molecule has 4 aliphatic carbocycles. The summed E-state index contributed by atoms with van der Waals surface area (Å²) in [6, 6.07) is 0. The molecule has 0 amide bonds. The Morgan fingerprint density at radius 3 is 2.86 bits per heavy atom. The zero-order valence-electron chi connectivity index (χ0n) is 17.3. The first-order chi connectivity index (χ1) is 13.4. The van der Waals surface area contributed by atoms with E-state index >= 15 is 0 Å². The van der Waals surface area contributed by atoms with E-state index in [1.54, 1.807) is 12.5 Å². The van der Waals surface area contributed by atoms with Crippen molar-refractivity contribution in [2.45, 2.75) is 77.4 Å². The highest BCUT2D eigenvalue weighted by Crippen LogP contribution is 2.63. The molecule has 1 aromatic rings. The van der Waals surface area contributed by atoms with Gasteiger partial charge in [-0.15, -0.1) is 0 Å². The zero-order valence-corrected chi connectivity index (χ0v) is 17.3. The van der Waals surface area contributed by atoms with Crippen molar-refractivity contribution < 1.29 is 9.90 Å². The Labute approximate surface area is 168 Å². The number of carbonyl (C=O) groups excluding carboxylic acids is 1. The van der Waals surface area contributed by atoms with Crippen LogP contribution in [0.3, 0.4) is 0 Å². The van der Waals surface area contributed by atoms with Crippen molar-refractivity contribution in [1.82, 2.24) is 9.55 Å². The average Bonchev–Trinajstić information content (AvgIpc) is 3.27. The van der Waals surface area contributed by atoms with Gasteiger partial charge in [0.15, 0.2) is 5.78 Å². The van der Waals surface area contributed by atoms with E-state index in [1.807, 2.05) is 17.7 Å². The summed E-state index contributed by atoms with van der Waals surface area (Å²) in [4.78, 5) is 17.2. The number of hydrogen-bond donors (Lipinski definition) is 1. The normalized spacial score (nSPS) is 45.0. The summed E-state index contributed by atoms with van der Waals surface area (Å²) in [5.41, 5.74) is 1.20. The molecule has 28 heavy (non-hydrogen) atoms. The summed E-state index contributed by atoms with van der Waals surface area (Å²) in [6.07, 6.45) is 16.7. The van der Waals surface area contributed by atoms with E-state index in [4.69, 9.17) is 0 Å². The van der Waals surface area contributed by atoms with Gasteiger partial charge in [-0.2, -0.15) is 0 Å². The van der Waals surface area contributed by atoms with Crippen LogP contribution >= 0.6 is 0 Å². The first-order valence-corrected chi connectivity index (χ1v) is 11.3. The molecule has 4 aliphatic rings. The molecule has 1 aromatic heterocycles. The smallest absolute Gasteiger partial charge is 0.156 e. The number of Topliss-reactive ketones (excluding diaryl/α,β-unsaturated/α-hetero) is 1. The number of carbonyl (C=O) groups is 1. The molecule has 0 bridgehead atoms. The number of aromatic nitrogens is 2. The lowest BCUT2D eigenvalue weighted by Gasteiger charge is -2.54. The van der Waals surface area contributed by atoms with Crippen molar-refractivity contribution in [1.29, 1.82) is 0 Å². The molecule has 0 aromatic carbocycles. The maximum atomic E-state index is 13.1. The van der Waals surface area contributed by atoms with Crippen molar-refractivity contribution in [2.75, 3.05) is 0 Å². The second-order valence-electron chi connectivity index (χ2n) is 10.6. The van der Waals surface area contributed by atoms with E-state index < -0.39 is 5.60 Å². The molecule has 152 valence electrons. The number of fused-ring (bicyclic) bond motifs is 5. The van der Waals surface area contributed by atoms with Gasteiger partial charge in [-0.3, -0.25) is 4.79 Å². The molecule has 1 heterocycles. The number of hydrogen-bond acceptors (Lipinski definition) is 3. The Balaban J connectivity index is 1.35. The van der Waals surface area contributed by atoms with Crippen LogP contribution in [0.5, 0.6) is 0 Å². The molecule has 5 rings (SSSR count). The molecule has 0 spiro atoms. The Kier molecular flexibility index (Phi) is 4.35. The molecule has 3 saturated carbocycles. The van der Waals surface area contributed by atoms with Crippen LogP contribution in [0, 0.1) is 35.0 Å². The van der Waals surface area contributed by atoms with Crippen LogP contribution in [-0.4, -0.2) is 26.0 Å². The summed E-state index contributed by atoms with van der Waals surface area (Å²) in [6.45, 7) is 4.90. The molecule has 0 radical (unpaired) electrons. The van der Waals surface area contributed by atoms with Crippen molar-refractivity contribution in [3.05, 3.63) is 30.4 Å². The Bertz CT molecular complexity index is 781. The topological polar surface area (TPSA) is 55.1 Å². The monoisotopic (exact) mass is 382 g/mol. The quantitative estimate of drug-likeness (QED) is 0.789. The maximum absolute atomic E-state index is 13.1. The lowest BCUT2D eigenvalue weighted by atomic mass is 9.51. The summed E-state index contributed by atoms with van der Waals surface area (Å²) in [7, 11) is 0. The number of imidazole rings is 1. The van der Waals surface area contributed by atoms with E-state index in [0.29, 0.717) is 24.2 Å². The predicted octanol–water partition coefficient (Wildman–Crippen LogP) is 4.39. The largest absolute Gasteiger partial charge is 0.390 e. The van der Waals surface area contributed by atoms with Crippen LogP contribution in [0.2, 0.25) is 0 Å². The van der Waals surface area contributed by atoms with Crippen LogP contribution < -0.4 is 0 Å². The van der Waals surface area contributed by atoms with E-state index in [1.165, 1.54) is 24.8 Å². The van der Waals surface area contributed by atoms with E-state index in [2.05, 4.69) is 18.0 Å². The van der Waals surface area contributed by atoms with E-state index in [0.717, 1.165) is 43.9 Å². The fraction of sp³-hybridized carbons (Fsp3) is 0.750. The fourth-order valence-corrected chi connectivity index (χ4v) is 7.67. The van der Waals surface area contributed by atoms with Gasteiger partial charge in [-0.05, 0) is 87.4 Å². The molecule has 4 heteroatoms. The second kappa shape index (κ2) is 6.55. The highest BCUT2D eigenvalue weighted by Gasteiger charge is 2.57. The first kappa shape index (κ1) is 18.6. The minimum Gasteiger partial charge on any atom is -0.390 e. The van der Waals surface area contributed by atoms with Gasteiger partial charge in [0, 0.05) is 18.3 Å². The maximum Gasteiger partial charge on any atom is 0.156 e. The third-order valence-corrected chi connectivity index (χ3v) is 9.00. The summed E-state index contributed by atoms with van der Waals surface area (Å²) in [5.74, 6) is 3.49. The van der Waals surface area contributed by atoms with Crippen LogP contribution in [0.15, 0.2) is 30.4 Å². The minimum absolute atomic E-state index is 0.171. The highest BCUT2D eigenvalue weighted by atomic mass is 16.3. The number of aliphatic hydroxyl groups is 1. The Morgan fingerprint density at radius 2 is 2.07 bits per heavy atom. The first-order valence-electron chi connectivity index (χ1n) is 11.3. The summed E-state index contributed by atoms with van der Waals surface area (Å²) >= 11 is 0. The average molecular weight is 383 g/mol. The van der Waals surface area contributed by atoms with E-state index in [-0.39, 0.29) is 11.3 Å². The second-order valence-corrected chi connectivity index (χ2v) is 10.6. The van der Waals surface area contributed by atoms with Crippen molar-refractivity contribution in [3.63, 3.8) is 0 Å². The lowest BCUT2D eigenvalue weighted by Crippen LogP contribution is -2.48. The van der Waals surface area contributed by atoms with Gasteiger partial charge in [0.05, 0.1) is 18.5 Å². The predicted molar refractivity (Wildman–Crippen MR) is 108 cm³/mol. The standard InChI is InChI=1S/C24H34N2O2/c1-23(28)9-7-17-16(13-23)3-4-19-18(17)8-10-24(2)20(19)5-6-21(24)22(27)14-26-12-11-25-15-26/h3,11-12,15,17-21,28H,4-10,13-14H2,1-2H3/t17-,18+,19+,20-,21+,23+,24-/m0/s1. The molecule has 0 saturated heterocycles. The van der Waals surface area contributed by atoms with Crippen LogP contribution in [0.25, 0.3) is 0 Å². The molecule has 7 atom stereocenters. The summed E-state index contributed by atoms with van der Waals surface area (Å²) < 4.78 is 1.92. The molecule has 0 unspecified atom stereocenters. The number of ketones is 1.